The molecule has 0 unspecified atom stereocenters. The number of nitrogens with zero attached hydrogens (tertiary/aromatic N) is 1. The van der Waals surface area contributed by atoms with Crippen LogP contribution in [-0.2, 0) is 0 Å². The molecular formula is C12H14BrNO4. The summed E-state index contributed by atoms with van der Waals surface area (Å²) in [6.07, 6.45) is 2.72. The summed E-state index contributed by atoms with van der Waals surface area (Å²) in [5, 5.41) is 20.5. The smallest absolute Gasteiger partial charge is 0.273 e. The van der Waals surface area contributed by atoms with Gasteiger partial charge in [-0.25, -0.2) is 0 Å². The van der Waals surface area contributed by atoms with Crippen molar-refractivity contribution in [2.24, 2.45) is 0 Å². The highest BCUT2D eigenvalue weighted by Gasteiger charge is 2.25. The van der Waals surface area contributed by atoms with E-state index in [0.717, 1.165) is 25.7 Å². The molecule has 0 radical (unpaired) electrons. The first-order valence-electron chi connectivity index (χ1n) is 5.86. The molecule has 0 spiro atoms. The maximum absolute atomic E-state index is 10.7. The van der Waals surface area contributed by atoms with Gasteiger partial charge in [0.15, 0.2) is 0 Å². The second kappa shape index (κ2) is 5.67. The summed E-state index contributed by atoms with van der Waals surface area (Å²) in [7, 11) is 0. The van der Waals surface area contributed by atoms with Crippen molar-refractivity contribution in [1.82, 2.24) is 0 Å². The van der Waals surface area contributed by atoms with Crippen LogP contribution in [0.5, 0.6) is 5.75 Å². The molecule has 0 amide bonds. The molecule has 18 heavy (non-hydrogen) atoms. The van der Waals surface area contributed by atoms with Gasteiger partial charge in [0.25, 0.3) is 5.69 Å². The van der Waals surface area contributed by atoms with E-state index < -0.39 is 11.0 Å². The molecule has 6 heteroatoms. The van der Waals surface area contributed by atoms with Gasteiger partial charge in [0, 0.05) is 6.07 Å². The molecular weight excluding hydrogens is 302 g/mol. The Morgan fingerprint density at radius 2 is 2.11 bits per heavy atom. The molecule has 1 aliphatic rings. The lowest BCUT2D eigenvalue weighted by Gasteiger charge is -2.28. The molecule has 98 valence electrons. The maximum Gasteiger partial charge on any atom is 0.273 e. The monoisotopic (exact) mass is 315 g/mol. The second-order valence-electron chi connectivity index (χ2n) is 4.38. The maximum atomic E-state index is 10.7. The zero-order valence-electron chi connectivity index (χ0n) is 9.71. The fraction of sp³-hybridized carbons (Fsp3) is 0.500. The van der Waals surface area contributed by atoms with Gasteiger partial charge in [-0.1, -0.05) is 6.42 Å². The van der Waals surface area contributed by atoms with Crippen molar-refractivity contribution < 1.29 is 14.8 Å². The quantitative estimate of drug-likeness (QED) is 0.687. The fourth-order valence-corrected chi connectivity index (χ4v) is 2.41. The van der Waals surface area contributed by atoms with Crippen molar-refractivity contribution >= 4 is 21.6 Å². The zero-order chi connectivity index (χ0) is 13.1. The minimum Gasteiger partial charge on any atom is -0.486 e. The molecule has 1 saturated carbocycles. The summed E-state index contributed by atoms with van der Waals surface area (Å²) in [5.41, 5.74) is -0.0153. The topological polar surface area (TPSA) is 72.6 Å². The highest BCUT2D eigenvalue weighted by molar-refractivity contribution is 9.10. The predicted molar refractivity (Wildman–Crippen MR) is 69.7 cm³/mol. The van der Waals surface area contributed by atoms with Gasteiger partial charge >= 0.3 is 0 Å². The molecule has 0 aromatic heterocycles. The van der Waals surface area contributed by atoms with Crippen molar-refractivity contribution in [3.05, 3.63) is 32.8 Å². The van der Waals surface area contributed by atoms with Crippen LogP contribution in [0.25, 0.3) is 0 Å². The number of ether oxygens (including phenoxy) is 1. The summed E-state index contributed by atoms with van der Waals surface area (Å²) in [5.74, 6) is 0.412. The summed E-state index contributed by atoms with van der Waals surface area (Å²) in [4.78, 5) is 10.2. The van der Waals surface area contributed by atoms with E-state index in [1.165, 1.54) is 12.1 Å². The second-order valence-corrected chi connectivity index (χ2v) is 5.23. The van der Waals surface area contributed by atoms with E-state index >= 15 is 0 Å². The largest absolute Gasteiger partial charge is 0.486 e. The lowest BCUT2D eigenvalue weighted by Crippen LogP contribution is -2.34. The third-order valence-electron chi connectivity index (χ3n) is 3.07. The first-order chi connectivity index (χ1) is 8.58. The van der Waals surface area contributed by atoms with Gasteiger partial charge in [-0.2, -0.15) is 0 Å². The van der Waals surface area contributed by atoms with Crippen LogP contribution in [0.2, 0.25) is 0 Å². The molecule has 1 fully saturated rings. The summed E-state index contributed by atoms with van der Waals surface area (Å²) >= 11 is 3.30. The number of hydrogen-bond donors (Lipinski definition) is 1. The Morgan fingerprint density at radius 1 is 1.39 bits per heavy atom. The molecule has 1 aliphatic carbocycles. The van der Waals surface area contributed by atoms with E-state index in [1.807, 2.05) is 0 Å². The summed E-state index contributed by atoms with van der Waals surface area (Å²) in [6.45, 7) is 0. The van der Waals surface area contributed by atoms with Crippen LogP contribution in [-0.4, -0.2) is 22.2 Å². The van der Waals surface area contributed by atoms with Crippen LogP contribution >= 0.6 is 15.9 Å². The number of halogens is 1. The predicted octanol–water partition coefficient (Wildman–Crippen LogP) is 3.04. The van der Waals surface area contributed by atoms with Crippen molar-refractivity contribution in [3.63, 3.8) is 0 Å². The lowest BCUT2D eigenvalue weighted by atomic mass is 9.95. The Morgan fingerprint density at radius 3 is 2.78 bits per heavy atom. The SMILES string of the molecule is O=[N+]([O-])c1ccc(Br)c(O[C@H]2CCCC[C@@H]2O)c1. The molecule has 0 aliphatic heterocycles. The van der Waals surface area contributed by atoms with Crippen LogP contribution in [0, 0.1) is 10.1 Å². The Hall–Kier alpha value is -1.14. The minimum absolute atomic E-state index is 0.0153. The van der Waals surface area contributed by atoms with E-state index in [1.54, 1.807) is 6.07 Å². The molecule has 2 atom stereocenters. The first-order valence-corrected chi connectivity index (χ1v) is 6.66. The number of hydrogen-bond acceptors (Lipinski definition) is 4. The number of nitro groups is 1. The van der Waals surface area contributed by atoms with Crippen molar-refractivity contribution in [3.8, 4) is 5.75 Å². The summed E-state index contributed by atoms with van der Waals surface area (Å²) < 4.78 is 6.35. The Balaban J connectivity index is 2.17. The highest BCUT2D eigenvalue weighted by Crippen LogP contribution is 2.32. The Kier molecular flexibility index (Phi) is 4.19. The van der Waals surface area contributed by atoms with E-state index in [-0.39, 0.29) is 11.8 Å². The van der Waals surface area contributed by atoms with Gasteiger partial charge in [0.1, 0.15) is 11.9 Å². The average Bonchev–Trinajstić information content (AvgIpc) is 2.34. The molecule has 0 heterocycles. The number of aliphatic hydroxyl groups excluding tert-OH is 1. The first kappa shape index (κ1) is 13.3. The summed E-state index contributed by atoms with van der Waals surface area (Å²) in [6, 6.07) is 4.38. The van der Waals surface area contributed by atoms with Gasteiger partial charge in [0.2, 0.25) is 0 Å². The highest BCUT2D eigenvalue weighted by atomic mass is 79.9. The van der Waals surface area contributed by atoms with Crippen molar-refractivity contribution in [1.29, 1.82) is 0 Å². The van der Waals surface area contributed by atoms with Gasteiger partial charge in [0.05, 0.1) is 21.6 Å². The lowest BCUT2D eigenvalue weighted by molar-refractivity contribution is -0.385. The van der Waals surface area contributed by atoms with E-state index in [2.05, 4.69) is 15.9 Å². The molecule has 0 saturated heterocycles. The Labute approximate surface area is 113 Å². The molecule has 2 rings (SSSR count). The van der Waals surface area contributed by atoms with Crippen molar-refractivity contribution in [2.75, 3.05) is 0 Å². The van der Waals surface area contributed by atoms with Crippen LogP contribution in [0.15, 0.2) is 22.7 Å². The number of nitro benzene ring substituents is 1. The number of aliphatic hydroxyl groups is 1. The standard InChI is InChI=1S/C12H14BrNO4/c13-9-6-5-8(14(16)17)7-12(9)18-11-4-2-1-3-10(11)15/h5-7,10-11,15H,1-4H2/t10-,11-/m0/s1. The number of non-ortho nitro benzene ring substituents is 1. The van der Waals surface area contributed by atoms with E-state index in [9.17, 15) is 15.2 Å². The van der Waals surface area contributed by atoms with Gasteiger partial charge in [-0.05, 0) is 41.3 Å². The molecule has 0 bridgehead atoms. The van der Waals surface area contributed by atoms with E-state index in [4.69, 9.17) is 4.74 Å². The van der Waals surface area contributed by atoms with Crippen LogP contribution in [0.3, 0.4) is 0 Å². The third kappa shape index (κ3) is 3.00. The van der Waals surface area contributed by atoms with Gasteiger partial charge in [-0.15, -0.1) is 0 Å². The molecule has 1 N–H and O–H groups in total. The van der Waals surface area contributed by atoms with Crippen LogP contribution in [0.4, 0.5) is 5.69 Å². The number of rotatable bonds is 3. The van der Waals surface area contributed by atoms with Crippen molar-refractivity contribution in [2.45, 2.75) is 37.9 Å². The Bertz CT molecular complexity index is 452. The molecule has 5 nitrogen and oxygen atoms in total. The van der Waals surface area contributed by atoms with Crippen LogP contribution < -0.4 is 4.74 Å². The van der Waals surface area contributed by atoms with Crippen LogP contribution in [0.1, 0.15) is 25.7 Å². The zero-order valence-corrected chi connectivity index (χ0v) is 11.3. The number of benzene rings is 1. The minimum atomic E-state index is -0.495. The average molecular weight is 316 g/mol. The van der Waals surface area contributed by atoms with E-state index in [0.29, 0.717) is 10.2 Å². The third-order valence-corrected chi connectivity index (χ3v) is 3.73. The molecule has 1 aromatic rings. The normalized spacial score (nSPS) is 23.7. The van der Waals surface area contributed by atoms with Gasteiger partial charge in [-0.3, -0.25) is 10.1 Å². The molecule has 1 aromatic carbocycles. The van der Waals surface area contributed by atoms with Gasteiger partial charge < -0.3 is 9.84 Å². The fourth-order valence-electron chi connectivity index (χ4n) is 2.07.